The second-order valence-electron chi connectivity index (χ2n) is 6.81. The highest BCUT2D eigenvalue weighted by Gasteiger charge is 2.46. The third-order valence-corrected chi connectivity index (χ3v) is 5.76. The number of fused-ring (bicyclic) bond motifs is 2. The van der Waals surface area contributed by atoms with Crippen molar-refractivity contribution in [3.63, 3.8) is 0 Å². The van der Waals surface area contributed by atoms with Gasteiger partial charge in [-0.05, 0) is 62.9 Å². The molecule has 0 radical (unpaired) electrons. The van der Waals surface area contributed by atoms with Gasteiger partial charge in [-0.3, -0.25) is 4.90 Å². The van der Waals surface area contributed by atoms with Crippen LogP contribution in [0.25, 0.3) is 0 Å². The molecule has 0 amide bonds. The number of hydrogen-bond acceptors (Lipinski definition) is 2. The highest BCUT2D eigenvalue weighted by atomic mass is 35.5. The molecule has 1 saturated carbocycles. The number of nitrogens with one attached hydrogen (secondary N) is 2. The van der Waals surface area contributed by atoms with Gasteiger partial charge in [0.2, 0.25) is 0 Å². The van der Waals surface area contributed by atoms with Crippen molar-refractivity contribution in [1.82, 2.24) is 10.2 Å². The van der Waals surface area contributed by atoms with Crippen LogP contribution < -0.4 is 10.6 Å². The average Bonchev–Trinajstić information content (AvgIpc) is 3.28. The minimum absolute atomic E-state index is 0.495. The Balaban J connectivity index is 1.34. The molecule has 2 heterocycles. The number of para-hydroxylation sites is 1. The number of thiocarbonyl (C=S) groups is 1. The fraction of sp³-hybridized carbons (Fsp3) is 0.588. The van der Waals surface area contributed by atoms with E-state index in [0.29, 0.717) is 16.2 Å². The van der Waals surface area contributed by atoms with E-state index in [1.165, 1.54) is 38.5 Å². The largest absolute Gasteiger partial charge is 0.360 e. The molecule has 2 bridgehead atoms. The Morgan fingerprint density at radius 3 is 2.32 bits per heavy atom. The minimum Gasteiger partial charge on any atom is -0.360 e. The van der Waals surface area contributed by atoms with Crippen LogP contribution in [0.15, 0.2) is 24.3 Å². The van der Waals surface area contributed by atoms with Crippen molar-refractivity contribution in [2.45, 2.75) is 62.7 Å². The molecule has 1 aromatic carbocycles. The Hall–Kier alpha value is -0.840. The highest BCUT2D eigenvalue weighted by molar-refractivity contribution is 7.80. The summed E-state index contributed by atoms with van der Waals surface area (Å²) in [6.45, 7) is 0. The first kappa shape index (κ1) is 14.7. The first-order chi connectivity index (χ1) is 10.7. The number of anilines is 1. The molecular formula is C17H22ClN3S. The van der Waals surface area contributed by atoms with Crippen molar-refractivity contribution in [2.24, 2.45) is 0 Å². The summed E-state index contributed by atoms with van der Waals surface area (Å²) in [4.78, 5) is 2.81. The third-order valence-electron chi connectivity index (χ3n) is 5.22. The summed E-state index contributed by atoms with van der Waals surface area (Å²) in [7, 11) is 0. The molecule has 1 aliphatic carbocycles. The lowest BCUT2D eigenvalue weighted by Gasteiger charge is -2.39. The lowest BCUT2D eigenvalue weighted by molar-refractivity contribution is 0.114. The molecule has 22 heavy (non-hydrogen) atoms. The van der Waals surface area contributed by atoms with E-state index in [2.05, 4.69) is 15.5 Å². The molecule has 5 heteroatoms. The molecule has 2 aliphatic heterocycles. The second kappa shape index (κ2) is 5.99. The maximum absolute atomic E-state index is 6.17. The highest BCUT2D eigenvalue weighted by Crippen LogP contribution is 2.43. The van der Waals surface area contributed by atoms with Crippen LogP contribution in [0.1, 0.15) is 38.5 Å². The van der Waals surface area contributed by atoms with Gasteiger partial charge in [0, 0.05) is 24.2 Å². The number of hydrogen-bond donors (Lipinski definition) is 2. The number of benzene rings is 1. The standard InChI is InChI=1S/C17H22ClN3S/c18-15-3-1-2-4-16(15)20-17(22)19-11-9-13-7-8-14(10-11)21(13)12-5-6-12/h1-4,11-14H,5-10H2,(H2,19,20,22)/t11?,13-,14+. The summed E-state index contributed by atoms with van der Waals surface area (Å²) in [5.74, 6) is 0. The quantitative estimate of drug-likeness (QED) is 0.822. The minimum atomic E-state index is 0.495. The summed E-state index contributed by atoms with van der Waals surface area (Å²) < 4.78 is 0. The van der Waals surface area contributed by atoms with E-state index in [1.807, 2.05) is 24.3 Å². The Kier molecular flexibility index (Phi) is 4.01. The maximum Gasteiger partial charge on any atom is 0.171 e. The third kappa shape index (κ3) is 2.97. The summed E-state index contributed by atoms with van der Waals surface area (Å²) >= 11 is 11.6. The van der Waals surface area contributed by atoms with Crippen LogP contribution in [0.3, 0.4) is 0 Å². The smallest absolute Gasteiger partial charge is 0.171 e. The van der Waals surface area contributed by atoms with Gasteiger partial charge in [0.15, 0.2) is 5.11 Å². The Morgan fingerprint density at radius 1 is 1.05 bits per heavy atom. The lowest BCUT2D eigenvalue weighted by Crippen LogP contribution is -2.51. The fourth-order valence-electron chi connectivity index (χ4n) is 4.21. The van der Waals surface area contributed by atoms with Crippen molar-refractivity contribution in [1.29, 1.82) is 0 Å². The van der Waals surface area contributed by atoms with Crippen molar-refractivity contribution < 1.29 is 0 Å². The summed E-state index contributed by atoms with van der Waals surface area (Å²) in [6.07, 6.45) is 8.00. The zero-order valence-electron chi connectivity index (χ0n) is 12.6. The van der Waals surface area contributed by atoms with E-state index in [0.717, 1.165) is 23.8 Å². The Bertz CT molecular complexity index is 561. The van der Waals surface area contributed by atoms with Gasteiger partial charge < -0.3 is 10.6 Å². The zero-order valence-corrected chi connectivity index (χ0v) is 14.2. The molecule has 1 unspecified atom stereocenters. The van der Waals surface area contributed by atoms with E-state index < -0.39 is 0 Å². The topological polar surface area (TPSA) is 27.3 Å². The van der Waals surface area contributed by atoms with Gasteiger partial charge in [0.05, 0.1) is 10.7 Å². The van der Waals surface area contributed by atoms with Gasteiger partial charge in [0.25, 0.3) is 0 Å². The van der Waals surface area contributed by atoms with Gasteiger partial charge in [-0.2, -0.15) is 0 Å². The van der Waals surface area contributed by atoms with Crippen LogP contribution in [0.4, 0.5) is 5.69 Å². The van der Waals surface area contributed by atoms with Gasteiger partial charge >= 0.3 is 0 Å². The molecule has 0 aromatic heterocycles. The van der Waals surface area contributed by atoms with Crippen LogP contribution in [0.5, 0.6) is 0 Å². The normalized spacial score (nSPS) is 31.0. The second-order valence-corrected chi connectivity index (χ2v) is 7.63. The number of piperidine rings is 1. The number of rotatable bonds is 3. The molecule has 1 aromatic rings. The van der Waals surface area contributed by atoms with Crippen LogP contribution >= 0.6 is 23.8 Å². The van der Waals surface area contributed by atoms with E-state index in [-0.39, 0.29) is 0 Å². The monoisotopic (exact) mass is 335 g/mol. The molecule has 2 saturated heterocycles. The molecular weight excluding hydrogens is 314 g/mol. The molecule has 4 rings (SSSR count). The Labute approximate surface area is 142 Å². The predicted molar refractivity (Wildman–Crippen MR) is 95.5 cm³/mol. The van der Waals surface area contributed by atoms with Crippen LogP contribution in [-0.2, 0) is 0 Å². The van der Waals surface area contributed by atoms with Gasteiger partial charge in [-0.15, -0.1) is 0 Å². The first-order valence-corrected chi connectivity index (χ1v) is 9.09. The molecule has 3 fully saturated rings. The molecule has 2 N–H and O–H groups in total. The van der Waals surface area contributed by atoms with Crippen molar-refractivity contribution in [2.75, 3.05) is 5.32 Å². The van der Waals surface area contributed by atoms with Crippen LogP contribution in [0.2, 0.25) is 5.02 Å². The van der Waals surface area contributed by atoms with E-state index in [1.54, 1.807) is 0 Å². The van der Waals surface area contributed by atoms with E-state index in [4.69, 9.17) is 23.8 Å². The van der Waals surface area contributed by atoms with E-state index in [9.17, 15) is 0 Å². The van der Waals surface area contributed by atoms with Crippen LogP contribution in [0, 0.1) is 0 Å². The summed E-state index contributed by atoms with van der Waals surface area (Å²) in [5, 5.41) is 8.13. The first-order valence-electron chi connectivity index (χ1n) is 8.30. The fourth-order valence-corrected chi connectivity index (χ4v) is 4.67. The molecule has 118 valence electrons. The summed E-state index contributed by atoms with van der Waals surface area (Å²) in [6, 6.07) is 10.7. The van der Waals surface area contributed by atoms with Crippen LogP contribution in [-0.4, -0.2) is 34.2 Å². The van der Waals surface area contributed by atoms with Crippen molar-refractivity contribution in [3.05, 3.63) is 29.3 Å². The SMILES string of the molecule is S=C(Nc1ccccc1Cl)NC1C[C@H]2CC[C@@H](C1)N2C1CC1. The predicted octanol–water partition coefficient (Wildman–Crippen LogP) is 3.78. The Morgan fingerprint density at radius 2 is 1.68 bits per heavy atom. The van der Waals surface area contributed by atoms with E-state index >= 15 is 0 Å². The number of nitrogens with zero attached hydrogens (tertiary/aromatic N) is 1. The molecule has 3 aliphatic rings. The van der Waals surface area contributed by atoms with Gasteiger partial charge in [-0.25, -0.2) is 0 Å². The van der Waals surface area contributed by atoms with Gasteiger partial charge in [0.1, 0.15) is 0 Å². The molecule has 0 spiro atoms. The number of halogens is 1. The molecule has 3 nitrogen and oxygen atoms in total. The lowest BCUT2D eigenvalue weighted by atomic mass is 9.97. The van der Waals surface area contributed by atoms with Gasteiger partial charge in [-0.1, -0.05) is 23.7 Å². The molecule has 3 atom stereocenters. The van der Waals surface area contributed by atoms with Crippen molar-refractivity contribution in [3.8, 4) is 0 Å². The maximum atomic E-state index is 6.17. The average molecular weight is 336 g/mol. The zero-order chi connectivity index (χ0) is 15.1. The van der Waals surface area contributed by atoms with Crippen molar-refractivity contribution >= 4 is 34.6 Å². The summed E-state index contributed by atoms with van der Waals surface area (Å²) in [5.41, 5.74) is 0.875.